The molecule has 1 aliphatic rings. The van der Waals surface area contributed by atoms with E-state index in [9.17, 15) is 4.39 Å². The van der Waals surface area contributed by atoms with E-state index in [1.54, 1.807) is 13.0 Å². The monoisotopic (exact) mass is 238 g/mol. The minimum Gasteiger partial charge on any atom is -0.379 e. The van der Waals surface area contributed by atoms with Crippen molar-refractivity contribution >= 4 is 0 Å². The van der Waals surface area contributed by atoms with E-state index in [1.807, 2.05) is 6.07 Å². The topological polar surface area (TPSA) is 47.3 Å². The summed E-state index contributed by atoms with van der Waals surface area (Å²) in [5.41, 5.74) is 7.75. The van der Waals surface area contributed by atoms with Crippen LogP contribution in [0.4, 0.5) is 4.39 Å². The summed E-state index contributed by atoms with van der Waals surface area (Å²) in [6, 6.07) is 5.29. The van der Waals surface area contributed by atoms with Crippen LogP contribution in [0.1, 0.15) is 23.6 Å². The number of hydrogen-bond acceptors (Lipinski definition) is 3. The number of nitrogens with one attached hydrogen (secondary N) is 1. The Balaban J connectivity index is 1.98. The first kappa shape index (κ1) is 12.5. The molecule has 0 radical (unpaired) electrons. The summed E-state index contributed by atoms with van der Waals surface area (Å²) in [6.45, 7) is 4.10. The van der Waals surface area contributed by atoms with Crippen LogP contribution in [0.2, 0.25) is 0 Å². The third-order valence-corrected chi connectivity index (χ3v) is 3.15. The van der Waals surface area contributed by atoms with Crippen molar-refractivity contribution in [1.29, 1.82) is 0 Å². The average Bonchev–Trinajstić information content (AvgIpc) is 2.34. The maximum atomic E-state index is 13.1. The molecule has 1 heterocycles. The van der Waals surface area contributed by atoms with Gasteiger partial charge in [-0.1, -0.05) is 12.1 Å². The van der Waals surface area contributed by atoms with Crippen LogP contribution in [0.15, 0.2) is 18.2 Å². The Morgan fingerprint density at radius 1 is 1.59 bits per heavy atom. The number of morpholine rings is 1. The van der Waals surface area contributed by atoms with E-state index in [4.69, 9.17) is 10.5 Å². The van der Waals surface area contributed by atoms with Gasteiger partial charge in [0.2, 0.25) is 0 Å². The summed E-state index contributed by atoms with van der Waals surface area (Å²) in [6.07, 6.45) is 0.811. The molecule has 1 saturated heterocycles. The van der Waals surface area contributed by atoms with Gasteiger partial charge in [0.25, 0.3) is 0 Å². The van der Waals surface area contributed by atoms with Crippen LogP contribution in [0.3, 0.4) is 0 Å². The number of nitrogens with two attached hydrogens (primary N) is 1. The predicted molar refractivity (Wildman–Crippen MR) is 65.3 cm³/mol. The molecule has 1 aromatic rings. The zero-order valence-corrected chi connectivity index (χ0v) is 10.1. The molecule has 0 bridgehead atoms. The summed E-state index contributed by atoms with van der Waals surface area (Å²) in [5.74, 6) is -0.180. The summed E-state index contributed by atoms with van der Waals surface area (Å²) in [7, 11) is 0. The highest BCUT2D eigenvalue weighted by molar-refractivity contribution is 5.26. The highest BCUT2D eigenvalue weighted by atomic mass is 19.1. The summed E-state index contributed by atoms with van der Waals surface area (Å²) in [4.78, 5) is 0. The van der Waals surface area contributed by atoms with Crippen LogP contribution in [-0.4, -0.2) is 25.8 Å². The number of halogens is 1. The van der Waals surface area contributed by atoms with Crippen molar-refractivity contribution in [2.75, 3.05) is 19.8 Å². The van der Waals surface area contributed by atoms with Gasteiger partial charge in [0.05, 0.1) is 13.2 Å². The standard InChI is InChI=1S/C13H19FN2O/c1-9-6-10(2-3-12(9)14)13(15)7-11-8-17-5-4-16-11/h2-3,6,11,13,16H,4-5,7-8,15H2,1H3. The van der Waals surface area contributed by atoms with Crippen LogP contribution in [0.5, 0.6) is 0 Å². The Hall–Kier alpha value is -0.970. The van der Waals surface area contributed by atoms with Crippen molar-refractivity contribution in [3.05, 3.63) is 35.1 Å². The molecule has 1 fully saturated rings. The molecule has 1 aliphatic heterocycles. The SMILES string of the molecule is Cc1cc(C(N)CC2COCCN2)ccc1F. The molecule has 3 N–H and O–H groups in total. The van der Waals surface area contributed by atoms with Gasteiger partial charge in [-0.15, -0.1) is 0 Å². The van der Waals surface area contributed by atoms with Crippen LogP contribution in [0, 0.1) is 12.7 Å². The Bertz CT molecular complexity index is 378. The van der Waals surface area contributed by atoms with E-state index in [0.717, 1.165) is 25.1 Å². The van der Waals surface area contributed by atoms with Crippen LogP contribution < -0.4 is 11.1 Å². The second-order valence-corrected chi connectivity index (χ2v) is 4.58. The summed E-state index contributed by atoms with van der Waals surface area (Å²) in [5, 5.41) is 3.37. The van der Waals surface area contributed by atoms with E-state index >= 15 is 0 Å². The second kappa shape index (κ2) is 5.58. The van der Waals surface area contributed by atoms with Gasteiger partial charge in [0.1, 0.15) is 5.82 Å². The number of aryl methyl sites for hydroxylation is 1. The quantitative estimate of drug-likeness (QED) is 0.839. The zero-order chi connectivity index (χ0) is 12.3. The number of ether oxygens (including phenoxy) is 1. The van der Waals surface area contributed by atoms with Gasteiger partial charge < -0.3 is 15.8 Å². The molecule has 2 unspecified atom stereocenters. The van der Waals surface area contributed by atoms with Gasteiger partial charge in [-0.05, 0) is 30.5 Å². The molecule has 4 heteroatoms. The number of hydrogen-bond donors (Lipinski definition) is 2. The largest absolute Gasteiger partial charge is 0.379 e. The number of benzene rings is 1. The molecule has 0 saturated carbocycles. The van der Waals surface area contributed by atoms with Gasteiger partial charge in [0, 0.05) is 18.6 Å². The first-order valence-corrected chi connectivity index (χ1v) is 5.99. The zero-order valence-electron chi connectivity index (χ0n) is 10.1. The van der Waals surface area contributed by atoms with E-state index in [2.05, 4.69) is 5.32 Å². The van der Waals surface area contributed by atoms with Crippen LogP contribution in [-0.2, 0) is 4.74 Å². The van der Waals surface area contributed by atoms with Gasteiger partial charge in [0.15, 0.2) is 0 Å². The smallest absolute Gasteiger partial charge is 0.126 e. The van der Waals surface area contributed by atoms with Crippen molar-refractivity contribution in [2.45, 2.75) is 25.4 Å². The van der Waals surface area contributed by atoms with Gasteiger partial charge in [-0.25, -0.2) is 4.39 Å². The molecular formula is C13H19FN2O. The van der Waals surface area contributed by atoms with E-state index in [0.29, 0.717) is 18.2 Å². The molecule has 0 amide bonds. The van der Waals surface area contributed by atoms with Crippen LogP contribution >= 0.6 is 0 Å². The minimum atomic E-state index is -0.180. The van der Waals surface area contributed by atoms with Crippen molar-refractivity contribution in [3.63, 3.8) is 0 Å². The molecule has 0 aliphatic carbocycles. The lowest BCUT2D eigenvalue weighted by Gasteiger charge is -2.26. The maximum Gasteiger partial charge on any atom is 0.126 e. The van der Waals surface area contributed by atoms with E-state index in [1.165, 1.54) is 6.07 Å². The first-order valence-electron chi connectivity index (χ1n) is 5.99. The van der Waals surface area contributed by atoms with Gasteiger partial charge >= 0.3 is 0 Å². The fourth-order valence-electron chi connectivity index (χ4n) is 2.11. The Morgan fingerprint density at radius 2 is 2.41 bits per heavy atom. The molecule has 0 spiro atoms. The second-order valence-electron chi connectivity index (χ2n) is 4.58. The van der Waals surface area contributed by atoms with Gasteiger partial charge in [-0.3, -0.25) is 0 Å². The number of rotatable bonds is 3. The van der Waals surface area contributed by atoms with Crippen LogP contribution in [0.25, 0.3) is 0 Å². The average molecular weight is 238 g/mol. The van der Waals surface area contributed by atoms with Crippen molar-refractivity contribution in [2.24, 2.45) is 5.73 Å². The third-order valence-electron chi connectivity index (χ3n) is 3.15. The highest BCUT2D eigenvalue weighted by Gasteiger charge is 2.17. The minimum absolute atomic E-state index is 0.0755. The van der Waals surface area contributed by atoms with Crippen molar-refractivity contribution < 1.29 is 9.13 Å². The maximum absolute atomic E-state index is 13.1. The fraction of sp³-hybridized carbons (Fsp3) is 0.538. The normalized spacial score (nSPS) is 22.4. The molecule has 1 aromatic carbocycles. The highest BCUT2D eigenvalue weighted by Crippen LogP contribution is 2.19. The molecule has 2 atom stereocenters. The predicted octanol–water partition coefficient (Wildman–Crippen LogP) is 1.51. The van der Waals surface area contributed by atoms with E-state index in [-0.39, 0.29) is 11.9 Å². The molecule has 94 valence electrons. The lowest BCUT2D eigenvalue weighted by molar-refractivity contribution is 0.0720. The molecule has 0 aromatic heterocycles. The lowest BCUT2D eigenvalue weighted by atomic mass is 9.98. The van der Waals surface area contributed by atoms with Crippen molar-refractivity contribution in [3.8, 4) is 0 Å². The fourth-order valence-corrected chi connectivity index (χ4v) is 2.11. The summed E-state index contributed by atoms with van der Waals surface area (Å²) < 4.78 is 18.5. The molecule has 2 rings (SSSR count). The molecular weight excluding hydrogens is 219 g/mol. The first-order chi connectivity index (χ1) is 8.16. The Kier molecular flexibility index (Phi) is 4.10. The Labute approximate surface area is 101 Å². The lowest BCUT2D eigenvalue weighted by Crippen LogP contribution is -2.42. The van der Waals surface area contributed by atoms with E-state index < -0.39 is 0 Å². The third kappa shape index (κ3) is 3.25. The van der Waals surface area contributed by atoms with Gasteiger partial charge in [-0.2, -0.15) is 0 Å². The molecule has 17 heavy (non-hydrogen) atoms. The summed E-state index contributed by atoms with van der Waals surface area (Å²) >= 11 is 0. The Morgan fingerprint density at radius 3 is 3.06 bits per heavy atom. The van der Waals surface area contributed by atoms with Crippen molar-refractivity contribution in [1.82, 2.24) is 5.32 Å². The molecule has 3 nitrogen and oxygen atoms in total.